The highest BCUT2D eigenvalue weighted by atomic mass is 35.5. The van der Waals surface area contributed by atoms with E-state index in [2.05, 4.69) is 4.74 Å². The molecule has 0 bridgehead atoms. The third kappa shape index (κ3) is 2.50. The highest BCUT2D eigenvalue weighted by Crippen LogP contribution is 2.50. The maximum Gasteiger partial charge on any atom is 0.366 e. The molecule has 1 aromatic carbocycles. The molecule has 17 heavy (non-hydrogen) atoms. The van der Waals surface area contributed by atoms with Gasteiger partial charge < -0.3 is 4.74 Å². The minimum Gasteiger partial charge on any atom is -0.464 e. The minimum atomic E-state index is -0.926. The van der Waals surface area contributed by atoms with Gasteiger partial charge in [0.15, 0.2) is 0 Å². The summed E-state index contributed by atoms with van der Waals surface area (Å²) in [6.07, 6.45) is 3.01. The van der Waals surface area contributed by atoms with Crippen LogP contribution in [0.1, 0.15) is 18.4 Å². The number of allylic oxidation sites excluding steroid dienone is 1. The SMILES string of the molecule is COC(=O)C(F)=CC1(c2ccc(Cl)cc2)CC1. The van der Waals surface area contributed by atoms with E-state index >= 15 is 0 Å². The molecule has 1 aromatic rings. The van der Waals surface area contributed by atoms with E-state index in [1.807, 2.05) is 12.1 Å². The molecule has 1 fully saturated rings. The molecule has 0 N–H and O–H groups in total. The number of carbonyl (C=O) groups is 1. The molecule has 0 saturated heterocycles. The highest BCUT2D eigenvalue weighted by molar-refractivity contribution is 6.30. The fourth-order valence-corrected chi connectivity index (χ4v) is 1.96. The Morgan fingerprint density at radius 1 is 1.41 bits per heavy atom. The van der Waals surface area contributed by atoms with Crippen molar-refractivity contribution in [2.75, 3.05) is 7.11 Å². The maximum atomic E-state index is 13.5. The number of ether oxygens (including phenoxy) is 1. The van der Waals surface area contributed by atoms with Crippen LogP contribution in [0.2, 0.25) is 5.02 Å². The lowest BCUT2D eigenvalue weighted by molar-refractivity contribution is -0.137. The summed E-state index contributed by atoms with van der Waals surface area (Å²) >= 11 is 5.80. The first-order valence-electron chi connectivity index (χ1n) is 5.30. The number of methoxy groups -OCH3 is 1. The van der Waals surface area contributed by atoms with Crippen molar-refractivity contribution >= 4 is 17.6 Å². The van der Waals surface area contributed by atoms with Crippen LogP contribution in [0.5, 0.6) is 0 Å². The largest absolute Gasteiger partial charge is 0.464 e. The number of hydrogen-bond donors (Lipinski definition) is 0. The quantitative estimate of drug-likeness (QED) is 0.610. The second-order valence-electron chi connectivity index (χ2n) is 4.15. The van der Waals surface area contributed by atoms with Crippen molar-refractivity contribution in [3.63, 3.8) is 0 Å². The summed E-state index contributed by atoms with van der Waals surface area (Å²) in [5.74, 6) is -1.76. The lowest BCUT2D eigenvalue weighted by atomic mass is 9.95. The molecule has 4 heteroatoms. The Morgan fingerprint density at radius 2 is 2.00 bits per heavy atom. The predicted octanol–water partition coefficient (Wildman–Crippen LogP) is 3.40. The van der Waals surface area contributed by atoms with Gasteiger partial charge in [-0.25, -0.2) is 4.79 Å². The van der Waals surface area contributed by atoms with E-state index in [0.717, 1.165) is 25.5 Å². The maximum absolute atomic E-state index is 13.5. The molecule has 0 spiro atoms. The standard InChI is InChI=1S/C13H12ClFO2/c1-17-12(16)11(15)8-13(6-7-13)9-2-4-10(14)5-3-9/h2-5,8H,6-7H2,1H3. The third-order valence-corrected chi connectivity index (χ3v) is 3.24. The molecule has 0 radical (unpaired) electrons. The van der Waals surface area contributed by atoms with Gasteiger partial charge in [0.25, 0.3) is 0 Å². The molecule has 0 unspecified atom stereocenters. The lowest BCUT2D eigenvalue weighted by Gasteiger charge is -2.10. The van der Waals surface area contributed by atoms with Gasteiger partial charge in [-0.3, -0.25) is 0 Å². The second-order valence-corrected chi connectivity index (χ2v) is 4.58. The van der Waals surface area contributed by atoms with E-state index in [-0.39, 0.29) is 5.41 Å². The van der Waals surface area contributed by atoms with Crippen LogP contribution in [-0.4, -0.2) is 13.1 Å². The molecule has 2 rings (SSSR count). The Labute approximate surface area is 104 Å². The first kappa shape index (κ1) is 12.1. The summed E-state index contributed by atoms with van der Waals surface area (Å²) in [4.78, 5) is 11.0. The van der Waals surface area contributed by atoms with E-state index in [4.69, 9.17) is 11.6 Å². The van der Waals surface area contributed by atoms with Crippen molar-refractivity contribution in [2.45, 2.75) is 18.3 Å². The zero-order valence-corrected chi connectivity index (χ0v) is 10.1. The Hall–Kier alpha value is -1.35. The van der Waals surface area contributed by atoms with Crippen molar-refractivity contribution in [2.24, 2.45) is 0 Å². The van der Waals surface area contributed by atoms with Crippen molar-refractivity contribution in [1.29, 1.82) is 0 Å². The van der Waals surface area contributed by atoms with Crippen LogP contribution < -0.4 is 0 Å². The molecule has 0 atom stereocenters. The van der Waals surface area contributed by atoms with Gasteiger partial charge in [0, 0.05) is 10.4 Å². The summed E-state index contributed by atoms with van der Waals surface area (Å²) in [6.45, 7) is 0. The number of esters is 1. The number of benzene rings is 1. The zero-order chi connectivity index (χ0) is 12.5. The van der Waals surface area contributed by atoms with E-state index in [1.165, 1.54) is 6.08 Å². The molecule has 0 heterocycles. The zero-order valence-electron chi connectivity index (χ0n) is 9.37. The van der Waals surface area contributed by atoms with Crippen molar-refractivity contribution in [1.82, 2.24) is 0 Å². The molecule has 1 aliphatic rings. The number of halogens is 2. The van der Waals surface area contributed by atoms with Crippen LogP contribution in [0.25, 0.3) is 0 Å². The number of carbonyl (C=O) groups excluding carboxylic acids is 1. The molecule has 1 aliphatic carbocycles. The van der Waals surface area contributed by atoms with Crippen LogP contribution in [0.15, 0.2) is 36.2 Å². The summed E-state index contributed by atoms with van der Waals surface area (Å²) in [5.41, 5.74) is 0.615. The molecule has 0 aromatic heterocycles. The summed E-state index contributed by atoms with van der Waals surface area (Å²) in [7, 11) is 1.16. The Kier molecular flexibility index (Phi) is 3.20. The fraction of sp³-hybridized carbons (Fsp3) is 0.308. The number of rotatable bonds is 3. The van der Waals surface area contributed by atoms with E-state index in [0.29, 0.717) is 5.02 Å². The molecule has 0 amide bonds. The third-order valence-electron chi connectivity index (χ3n) is 2.99. The second kappa shape index (κ2) is 4.49. The minimum absolute atomic E-state index is 0.358. The molecule has 0 aliphatic heterocycles. The summed E-state index contributed by atoms with van der Waals surface area (Å²) in [6, 6.07) is 7.24. The van der Waals surface area contributed by atoms with E-state index in [1.54, 1.807) is 12.1 Å². The first-order chi connectivity index (χ1) is 8.07. The Morgan fingerprint density at radius 3 is 2.47 bits per heavy atom. The Bertz CT molecular complexity index is 461. The first-order valence-corrected chi connectivity index (χ1v) is 5.68. The average molecular weight is 255 g/mol. The van der Waals surface area contributed by atoms with Gasteiger partial charge >= 0.3 is 5.97 Å². The van der Waals surface area contributed by atoms with Crippen LogP contribution in [-0.2, 0) is 14.9 Å². The predicted molar refractivity (Wildman–Crippen MR) is 63.6 cm³/mol. The Balaban J connectivity index is 2.26. The fourth-order valence-electron chi connectivity index (χ4n) is 1.83. The highest BCUT2D eigenvalue weighted by Gasteiger charge is 2.43. The van der Waals surface area contributed by atoms with E-state index < -0.39 is 11.8 Å². The number of hydrogen-bond acceptors (Lipinski definition) is 2. The van der Waals surface area contributed by atoms with Gasteiger partial charge in [-0.2, -0.15) is 4.39 Å². The monoisotopic (exact) mass is 254 g/mol. The smallest absolute Gasteiger partial charge is 0.366 e. The van der Waals surface area contributed by atoms with Crippen LogP contribution in [0.4, 0.5) is 4.39 Å². The van der Waals surface area contributed by atoms with Gasteiger partial charge in [0.05, 0.1) is 7.11 Å². The lowest BCUT2D eigenvalue weighted by Crippen LogP contribution is -2.07. The molecule has 90 valence electrons. The van der Waals surface area contributed by atoms with Crippen molar-refractivity contribution < 1.29 is 13.9 Å². The van der Waals surface area contributed by atoms with Gasteiger partial charge in [-0.1, -0.05) is 23.7 Å². The molecular weight excluding hydrogens is 243 g/mol. The summed E-state index contributed by atoms with van der Waals surface area (Å²) < 4.78 is 17.8. The molecular formula is C13H12ClFO2. The van der Waals surface area contributed by atoms with Crippen molar-refractivity contribution in [3.05, 3.63) is 46.8 Å². The molecule has 2 nitrogen and oxygen atoms in total. The summed E-state index contributed by atoms with van der Waals surface area (Å²) in [5, 5.41) is 0.641. The van der Waals surface area contributed by atoms with Gasteiger partial charge in [0.2, 0.25) is 5.83 Å². The van der Waals surface area contributed by atoms with Crippen molar-refractivity contribution in [3.8, 4) is 0 Å². The van der Waals surface area contributed by atoms with Gasteiger partial charge in [-0.15, -0.1) is 0 Å². The average Bonchev–Trinajstić information content (AvgIpc) is 3.09. The van der Waals surface area contributed by atoms with Gasteiger partial charge in [-0.05, 0) is 36.6 Å². The van der Waals surface area contributed by atoms with Gasteiger partial charge in [0.1, 0.15) is 0 Å². The molecule has 1 saturated carbocycles. The normalized spacial score (nSPS) is 17.7. The van der Waals surface area contributed by atoms with Crippen LogP contribution in [0, 0.1) is 0 Å². The van der Waals surface area contributed by atoms with Crippen LogP contribution in [0.3, 0.4) is 0 Å². The van der Waals surface area contributed by atoms with E-state index in [9.17, 15) is 9.18 Å². The van der Waals surface area contributed by atoms with Crippen LogP contribution >= 0.6 is 11.6 Å². The topological polar surface area (TPSA) is 26.3 Å².